The summed E-state index contributed by atoms with van der Waals surface area (Å²) in [6, 6.07) is 0. The lowest BCUT2D eigenvalue weighted by atomic mass is 9.93. The van der Waals surface area contributed by atoms with Gasteiger partial charge in [-0.1, -0.05) is 13.8 Å². The molecule has 6 nitrogen and oxygen atoms in total. The zero-order chi connectivity index (χ0) is 17.0. The van der Waals surface area contributed by atoms with Gasteiger partial charge in [-0.3, -0.25) is 14.3 Å². The molecule has 0 aliphatic carbocycles. The molecule has 1 aromatic rings. The molecule has 6 heteroatoms. The third-order valence-electron chi connectivity index (χ3n) is 4.46. The van der Waals surface area contributed by atoms with Crippen molar-refractivity contribution < 1.29 is 14.7 Å². The quantitative estimate of drug-likeness (QED) is 0.874. The van der Waals surface area contributed by atoms with Gasteiger partial charge in [0.1, 0.15) is 0 Å². The first-order valence-electron chi connectivity index (χ1n) is 8.50. The highest BCUT2D eigenvalue weighted by Gasteiger charge is 2.28. The van der Waals surface area contributed by atoms with Crippen LogP contribution in [0.1, 0.15) is 68.4 Å². The van der Waals surface area contributed by atoms with E-state index >= 15 is 0 Å². The highest BCUT2D eigenvalue weighted by Crippen LogP contribution is 2.25. The first-order valence-corrected chi connectivity index (χ1v) is 8.50. The van der Waals surface area contributed by atoms with E-state index in [1.165, 1.54) is 0 Å². The predicted molar refractivity (Wildman–Crippen MR) is 87.5 cm³/mol. The lowest BCUT2D eigenvalue weighted by Gasteiger charge is -2.32. The van der Waals surface area contributed by atoms with Gasteiger partial charge in [0.15, 0.2) is 0 Å². The normalized spacial score (nSPS) is 18.4. The van der Waals surface area contributed by atoms with Crippen LogP contribution in [0.15, 0.2) is 6.20 Å². The largest absolute Gasteiger partial charge is 0.481 e. The van der Waals surface area contributed by atoms with E-state index in [0.29, 0.717) is 18.5 Å². The maximum Gasteiger partial charge on any atom is 0.303 e. The number of amides is 1. The van der Waals surface area contributed by atoms with Crippen LogP contribution < -0.4 is 0 Å². The SMILES string of the molecule is CCn1cc(C(=O)N2CCC[C@H](CCC(=O)O)C2)c(C(C)C)n1. The second-order valence-corrected chi connectivity index (χ2v) is 6.63. The molecule has 1 fully saturated rings. The van der Waals surface area contributed by atoms with Crippen LogP contribution in [0, 0.1) is 5.92 Å². The van der Waals surface area contributed by atoms with Crippen LogP contribution in [-0.2, 0) is 11.3 Å². The number of aliphatic carboxylic acids is 1. The molecule has 1 atom stereocenters. The van der Waals surface area contributed by atoms with E-state index in [9.17, 15) is 9.59 Å². The highest BCUT2D eigenvalue weighted by molar-refractivity contribution is 5.95. The van der Waals surface area contributed by atoms with E-state index in [1.54, 1.807) is 0 Å². The minimum absolute atomic E-state index is 0.0356. The number of nitrogens with zero attached hydrogens (tertiary/aromatic N) is 3. The summed E-state index contributed by atoms with van der Waals surface area (Å²) >= 11 is 0. The lowest BCUT2D eigenvalue weighted by Crippen LogP contribution is -2.40. The molecule has 128 valence electrons. The molecule has 0 saturated carbocycles. The molecule has 0 bridgehead atoms. The fourth-order valence-electron chi connectivity index (χ4n) is 3.17. The molecule has 1 saturated heterocycles. The summed E-state index contributed by atoms with van der Waals surface area (Å²) in [5, 5.41) is 13.3. The predicted octanol–water partition coefficient (Wildman–Crippen LogP) is 2.74. The van der Waals surface area contributed by atoms with Crippen molar-refractivity contribution in [3.8, 4) is 0 Å². The third kappa shape index (κ3) is 4.33. The second-order valence-electron chi connectivity index (χ2n) is 6.63. The van der Waals surface area contributed by atoms with E-state index < -0.39 is 5.97 Å². The van der Waals surface area contributed by atoms with Crippen molar-refractivity contribution in [3.05, 3.63) is 17.5 Å². The number of aromatic nitrogens is 2. The maximum absolute atomic E-state index is 12.9. The molecule has 23 heavy (non-hydrogen) atoms. The third-order valence-corrected chi connectivity index (χ3v) is 4.46. The topological polar surface area (TPSA) is 75.4 Å². The Morgan fingerprint density at radius 3 is 2.78 bits per heavy atom. The molecule has 2 heterocycles. The van der Waals surface area contributed by atoms with Gasteiger partial charge >= 0.3 is 5.97 Å². The summed E-state index contributed by atoms with van der Waals surface area (Å²) in [7, 11) is 0. The number of rotatable bonds is 6. The van der Waals surface area contributed by atoms with Crippen molar-refractivity contribution in [3.63, 3.8) is 0 Å². The number of carboxylic acids is 1. The van der Waals surface area contributed by atoms with Crippen molar-refractivity contribution in [1.82, 2.24) is 14.7 Å². The van der Waals surface area contributed by atoms with Crippen LogP contribution in [0.25, 0.3) is 0 Å². The van der Waals surface area contributed by atoms with Gasteiger partial charge in [0.25, 0.3) is 5.91 Å². The molecule has 0 spiro atoms. The van der Waals surface area contributed by atoms with E-state index in [2.05, 4.69) is 5.10 Å². The van der Waals surface area contributed by atoms with Gasteiger partial charge in [-0.25, -0.2) is 0 Å². The van der Waals surface area contributed by atoms with Gasteiger partial charge in [-0.15, -0.1) is 0 Å². The number of carboxylic acid groups (broad SMARTS) is 1. The second kappa shape index (κ2) is 7.62. The molecule has 0 unspecified atom stereocenters. The minimum Gasteiger partial charge on any atom is -0.481 e. The first-order chi connectivity index (χ1) is 10.9. The summed E-state index contributed by atoms with van der Waals surface area (Å²) in [5.41, 5.74) is 1.55. The Labute approximate surface area is 137 Å². The Morgan fingerprint density at radius 1 is 1.43 bits per heavy atom. The van der Waals surface area contributed by atoms with Crippen LogP contribution in [0.5, 0.6) is 0 Å². The number of aryl methyl sites for hydroxylation is 1. The van der Waals surface area contributed by atoms with Gasteiger partial charge in [0.05, 0.1) is 11.3 Å². The fraction of sp³-hybridized carbons (Fsp3) is 0.706. The molecule has 1 N–H and O–H groups in total. The summed E-state index contributed by atoms with van der Waals surface area (Å²) < 4.78 is 1.81. The number of hydrogen-bond acceptors (Lipinski definition) is 3. The van der Waals surface area contributed by atoms with Crippen molar-refractivity contribution in [2.24, 2.45) is 5.92 Å². The van der Waals surface area contributed by atoms with Crippen LogP contribution in [-0.4, -0.2) is 44.8 Å². The van der Waals surface area contributed by atoms with Gasteiger partial charge in [0.2, 0.25) is 0 Å². The van der Waals surface area contributed by atoms with Gasteiger partial charge in [-0.2, -0.15) is 5.10 Å². The van der Waals surface area contributed by atoms with E-state index in [1.807, 2.05) is 36.5 Å². The van der Waals surface area contributed by atoms with Crippen LogP contribution in [0.4, 0.5) is 0 Å². The van der Waals surface area contributed by atoms with Gasteiger partial charge in [-0.05, 0) is 38.0 Å². The number of likely N-dealkylation sites (tertiary alicyclic amines) is 1. The Kier molecular flexibility index (Phi) is 5.80. The zero-order valence-corrected chi connectivity index (χ0v) is 14.3. The number of carbonyl (C=O) groups is 2. The minimum atomic E-state index is -0.764. The number of carbonyl (C=O) groups excluding carboxylic acids is 1. The van der Waals surface area contributed by atoms with Crippen molar-refractivity contribution in [2.45, 2.75) is 58.9 Å². The van der Waals surface area contributed by atoms with Crippen molar-refractivity contribution >= 4 is 11.9 Å². The van der Waals surface area contributed by atoms with Gasteiger partial charge < -0.3 is 10.0 Å². The average Bonchev–Trinajstić information content (AvgIpc) is 2.97. The summed E-state index contributed by atoms with van der Waals surface area (Å²) in [5.74, 6) is -0.241. The smallest absolute Gasteiger partial charge is 0.303 e. The molecule has 0 radical (unpaired) electrons. The van der Waals surface area contributed by atoms with Crippen LogP contribution >= 0.6 is 0 Å². The standard InChI is InChI=1S/C17H27N3O3/c1-4-20-11-14(16(18-20)12(2)3)17(23)19-9-5-6-13(10-19)7-8-15(21)22/h11-13H,4-10H2,1-3H3,(H,21,22)/t13-/m1/s1. The lowest BCUT2D eigenvalue weighted by molar-refractivity contribution is -0.137. The molecule has 1 aromatic heterocycles. The summed E-state index contributed by atoms with van der Waals surface area (Å²) in [6.45, 7) is 8.25. The fourth-order valence-corrected chi connectivity index (χ4v) is 3.17. The molecule has 1 amide bonds. The van der Waals surface area contributed by atoms with Crippen LogP contribution in [0.3, 0.4) is 0 Å². The Morgan fingerprint density at radius 2 is 2.17 bits per heavy atom. The molecule has 1 aliphatic rings. The zero-order valence-electron chi connectivity index (χ0n) is 14.3. The Balaban J connectivity index is 2.10. The molecular weight excluding hydrogens is 294 g/mol. The molecular formula is C17H27N3O3. The molecule has 1 aliphatic heterocycles. The number of hydrogen-bond donors (Lipinski definition) is 1. The summed E-state index contributed by atoms with van der Waals surface area (Å²) in [6.07, 6.45) is 4.61. The average molecular weight is 321 g/mol. The number of piperidine rings is 1. The van der Waals surface area contributed by atoms with E-state index in [-0.39, 0.29) is 24.2 Å². The first kappa shape index (κ1) is 17.5. The van der Waals surface area contributed by atoms with Crippen LogP contribution in [0.2, 0.25) is 0 Å². The maximum atomic E-state index is 12.9. The van der Waals surface area contributed by atoms with Crippen molar-refractivity contribution in [2.75, 3.05) is 13.1 Å². The van der Waals surface area contributed by atoms with Gasteiger partial charge in [0, 0.05) is 32.3 Å². The Bertz CT molecular complexity index is 565. The van der Waals surface area contributed by atoms with E-state index in [4.69, 9.17) is 5.11 Å². The van der Waals surface area contributed by atoms with Crippen molar-refractivity contribution in [1.29, 1.82) is 0 Å². The Hall–Kier alpha value is -1.85. The van der Waals surface area contributed by atoms with E-state index in [0.717, 1.165) is 31.6 Å². The molecule has 2 rings (SSSR count). The monoisotopic (exact) mass is 321 g/mol. The highest BCUT2D eigenvalue weighted by atomic mass is 16.4. The molecule has 0 aromatic carbocycles. The summed E-state index contributed by atoms with van der Waals surface area (Å²) in [4.78, 5) is 25.5.